The van der Waals surface area contributed by atoms with Gasteiger partial charge in [-0.1, -0.05) is 43.8 Å². The highest BCUT2D eigenvalue weighted by atomic mass is 32.2. The molecular weight excluding hydrogens is 360 g/mol. The van der Waals surface area contributed by atoms with Gasteiger partial charge in [-0.05, 0) is 48.1 Å². The van der Waals surface area contributed by atoms with Gasteiger partial charge in [0.05, 0.1) is 11.9 Å². The first-order chi connectivity index (χ1) is 13.0. The number of thioether (sulfide) groups is 1. The second-order valence-corrected chi connectivity index (χ2v) is 7.87. The number of hydrogen-bond donors (Lipinski definition) is 1. The SMILES string of the molecule is CCc1ccc(CCOc2ccc(C(C)CC3SC(=O)NC3=O)cc2)nc1. The average molecular weight is 385 g/mol. The Balaban J connectivity index is 1.47. The van der Waals surface area contributed by atoms with Crippen LogP contribution in [0.5, 0.6) is 5.75 Å². The number of imide groups is 1. The molecule has 1 N–H and O–H groups in total. The van der Waals surface area contributed by atoms with Crippen molar-refractivity contribution in [3.8, 4) is 5.75 Å². The maximum Gasteiger partial charge on any atom is 0.286 e. The van der Waals surface area contributed by atoms with Crippen LogP contribution in [-0.2, 0) is 17.6 Å². The number of carbonyl (C=O) groups excluding carboxylic acids is 2. The fraction of sp³-hybridized carbons (Fsp3) is 0.381. The normalized spacial score (nSPS) is 17.6. The number of nitrogens with zero attached hydrogens (tertiary/aromatic N) is 1. The van der Waals surface area contributed by atoms with Crippen molar-refractivity contribution in [3.05, 3.63) is 59.4 Å². The second-order valence-electron chi connectivity index (χ2n) is 6.70. The summed E-state index contributed by atoms with van der Waals surface area (Å²) in [6.45, 7) is 4.76. The van der Waals surface area contributed by atoms with Crippen molar-refractivity contribution in [1.29, 1.82) is 0 Å². The molecule has 2 heterocycles. The number of hydrogen-bond acceptors (Lipinski definition) is 5. The molecule has 2 amide bonds. The summed E-state index contributed by atoms with van der Waals surface area (Å²) in [6, 6.07) is 12.1. The fourth-order valence-corrected chi connectivity index (χ4v) is 3.95. The van der Waals surface area contributed by atoms with Gasteiger partial charge >= 0.3 is 0 Å². The third-order valence-corrected chi connectivity index (χ3v) is 5.71. The van der Waals surface area contributed by atoms with Crippen LogP contribution in [0.3, 0.4) is 0 Å². The summed E-state index contributed by atoms with van der Waals surface area (Å²) < 4.78 is 5.81. The number of pyridine rings is 1. The van der Waals surface area contributed by atoms with Crippen molar-refractivity contribution < 1.29 is 14.3 Å². The van der Waals surface area contributed by atoms with E-state index in [0.29, 0.717) is 13.0 Å². The number of aryl methyl sites for hydroxylation is 1. The summed E-state index contributed by atoms with van der Waals surface area (Å²) in [6.07, 6.45) is 4.32. The zero-order valence-electron chi connectivity index (χ0n) is 15.6. The first-order valence-electron chi connectivity index (χ1n) is 9.23. The Labute approximate surface area is 163 Å². The van der Waals surface area contributed by atoms with Crippen molar-refractivity contribution >= 4 is 22.9 Å². The summed E-state index contributed by atoms with van der Waals surface area (Å²) in [5.74, 6) is 0.825. The minimum atomic E-state index is -0.296. The molecule has 0 bridgehead atoms. The van der Waals surface area contributed by atoms with E-state index in [4.69, 9.17) is 4.74 Å². The smallest absolute Gasteiger partial charge is 0.286 e. The maximum atomic E-state index is 11.7. The van der Waals surface area contributed by atoms with Gasteiger partial charge in [0.1, 0.15) is 5.75 Å². The Morgan fingerprint density at radius 1 is 1.19 bits per heavy atom. The first kappa shape index (κ1) is 19.4. The summed E-state index contributed by atoms with van der Waals surface area (Å²) in [4.78, 5) is 27.4. The summed E-state index contributed by atoms with van der Waals surface area (Å²) in [5, 5.41) is 1.79. The molecule has 2 atom stereocenters. The lowest BCUT2D eigenvalue weighted by Gasteiger charge is -2.15. The molecule has 5 nitrogen and oxygen atoms in total. The number of aromatic nitrogens is 1. The van der Waals surface area contributed by atoms with Crippen LogP contribution in [0, 0.1) is 0 Å². The molecule has 6 heteroatoms. The highest BCUT2D eigenvalue weighted by molar-refractivity contribution is 8.15. The zero-order valence-corrected chi connectivity index (χ0v) is 16.4. The van der Waals surface area contributed by atoms with E-state index in [1.54, 1.807) is 0 Å². The van der Waals surface area contributed by atoms with E-state index in [-0.39, 0.29) is 22.3 Å². The number of nitrogens with one attached hydrogen (secondary N) is 1. The Morgan fingerprint density at radius 3 is 2.56 bits per heavy atom. The molecule has 0 saturated carbocycles. The number of ether oxygens (including phenoxy) is 1. The van der Waals surface area contributed by atoms with Crippen LogP contribution < -0.4 is 10.1 Å². The second kappa shape index (κ2) is 9.04. The number of amides is 2. The molecule has 0 spiro atoms. The average Bonchev–Trinajstić information content (AvgIpc) is 2.99. The predicted octanol–water partition coefficient (Wildman–Crippen LogP) is 4.11. The Kier molecular flexibility index (Phi) is 6.50. The molecular formula is C21H24N2O3S. The molecule has 1 aromatic carbocycles. The lowest BCUT2D eigenvalue weighted by atomic mass is 9.96. The number of benzene rings is 1. The Hall–Kier alpha value is -2.34. The van der Waals surface area contributed by atoms with Gasteiger partial charge in [0, 0.05) is 18.3 Å². The van der Waals surface area contributed by atoms with Crippen LogP contribution in [0.2, 0.25) is 0 Å². The molecule has 142 valence electrons. The Bertz CT molecular complexity index is 790. The van der Waals surface area contributed by atoms with Crippen LogP contribution in [-0.4, -0.2) is 28.0 Å². The van der Waals surface area contributed by atoms with Crippen molar-refractivity contribution in [3.63, 3.8) is 0 Å². The topological polar surface area (TPSA) is 68.3 Å². The molecule has 1 aromatic heterocycles. The molecule has 2 unspecified atom stereocenters. The van der Waals surface area contributed by atoms with Crippen LogP contribution in [0.4, 0.5) is 4.79 Å². The molecule has 1 fully saturated rings. The van der Waals surface area contributed by atoms with Gasteiger partial charge < -0.3 is 4.74 Å². The molecule has 3 rings (SSSR count). The minimum Gasteiger partial charge on any atom is -0.493 e. The largest absolute Gasteiger partial charge is 0.493 e. The minimum absolute atomic E-state index is 0.183. The molecule has 27 heavy (non-hydrogen) atoms. The van der Waals surface area contributed by atoms with Gasteiger partial charge in [-0.3, -0.25) is 19.9 Å². The van der Waals surface area contributed by atoms with Crippen LogP contribution in [0.1, 0.15) is 43.0 Å². The highest BCUT2D eigenvalue weighted by Gasteiger charge is 2.32. The van der Waals surface area contributed by atoms with E-state index in [1.165, 1.54) is 5.56 Å². The molecule has 1 aliphatic heterocycles. The van der Waals surface area contributed by atoms with E-state index in [0.717, 1.165) is 41.6 Å². The van der Waals surface area contributed by atoms with E-state index < -0.39 is 0 Å². The number of carbonyl (C=O) groups is 2. The van der Waals surface area contributed by atoms with Crippen molar-refractivity contribution in [2.75, 3.05) is 6.61 Å². The van der Waals surface area contributed by atoms with E-state index in [1.807, 2.05) is 30.5 Å². The van der Waals surface area contributed by atoms with Gasteiger partial charge in [-0.2, -0.15) is 0 Å². The van der Waals surface area contributed by atoms with Gasteiger partial charge in [0.25, 0.3) is 5.24 Å². The Morgan fingerprint density at radius 2 is 1.96 bits per heavy atom. The van der Waals surface area contributed by atoms with Crippen molar-refractivity contribution in [2.24, 2.45) is 0 Å². The summed E-state index contributed by atoms with van der Waals surface area (Å²) >= 11 is 1.08. The third-order valence-electron chi connectivity index (χ3n) is 4.70. The molecule has 2 aromatic rings. The number of rotatable bonds is 8. The van der Waals surface area contributed by atoms with E-state index >= 15 is 0 Å². The molecule has 0 aliphatic carbocycles. The van der Waals surface area contributed by atoms with Gasteiger partial charge in [-0.25, -0.2) is 0 Å². The summed E-state index contributed by atoms with van der Waals surface area (Å²) in [7, 11) is 0. The van der Waals surface area contributed by atoms with Crippen LogP contribution in [0.25, 0.3) is 0 Å². The highest BCUT2D eigenvalue weighted by Crippen LogP contribution is 2.30. The lowest BCUT2D eigenvalue weighted by molar-refractivity contribution is -0.119. The monoisotopic (exact) mass is 384 g/mol. The predicted molar refractivity (Wildman–Crippen MR) is 107 cm³/mol. The fourth-order valence-electron chi connectivity index (χ4n) is 2.98. The van der Waals surface area contributed by atoms with Gasteiger partial charge in [-0.15, -0.1) is 0 Å². The van der Waals surface area contributed by atoms with Gasteiger partial charge in [0.2, 0.25) is 5.91 Å². The van der Waals surface area contributed by atoms with Crippen molar-refractivity contribution in [1.82, 2.24) is 10.3 Å². The van der Waals surface area contributed by atoms with Crippen molar-refractivity contribution in [2.45, 2.75) is 44.3 Å². The molecule has 1 aliphatic rings. The summed E-state index contributed by atoms with van der Waals surface area (Å²) in [5.41, 5.74) is 3.40. The van der Waals surface area contributed by atoms with Crippen LogP contribution >= 0.6 is 11.8 Å². The van der Waals surface area contributed by atoms with Gasteiger partial charge in [0.15, 0.2) is 0 Å². The maximum absolute atomic E-state index is 11.7. The first-order valence-corrected chi connectivity index (χ1v) is 10.1. The zero-order chi connectivity index (χ0) is 19.2. The molecule has 1 saturated heterocycles. The van der Waals surface area contributed by atoms with E-state index in [9.17, 15) is 9.59 Å². The van der Waals surface area contributed by atoms with E-state index in [2.05, 4.69) is 36.3 Å². The lowest BCUT2D eigenvalue weighted by Crippen LogP contribution is -2.25. The standard InChI is InChI=1S/C21H24N2O3S/c1-3-15-4-7-17(22-13-15)10-11-26-18-8-5-16(6-9-18)14(2)12-19-20(24)23-21(25)27-19/h4-9,13-14,19H,3,10-12H2,1-2H3,(H,23,24,25). The molecule has 0 radical (unpaired) electrons. The quantitative estimate of drug-likeness (QED) is 0.742. The third kappa shape index (κ3) is 5.32. The van der Waals surface area contributed by atoms with Crippen LogP contribution in [0.15, 0.2) is 42.6 Å².